The molecule has 1 heterocycles. The molecule has 0 saturated heterocycles. The standard InChI is InChI=1S/C10H18N4O/c1-7(2)8-9(11)13-6-14-10(8)12-4-5-15-3/h6-7H,4-5H2,1-3H3,(H3,11,12,13,14). The summed E-state index contributed by atoms with van der Waals surface area (Å²) in [7, 11) is 1.67. The van der Waals surface area contributed by atoms with Gasteiger partial charge in [-0.1, -0.05) is 13.8 Å². The number of nitrogen functional groups attached to an aromatic ring is 1. The van der Waals surface area contributed by atoms with Gasteiger partial charge in [-0.3, -0.25) is 0 Å². The summed E-state index contributed by atoms with van der Waals surface area (Å²) in [6.45, 7) is 5.49. The summed E-state index contributed by atoms with van der Waals surface area (Å²) in [5, 5.41) is 3.18. The second-order valence-corrected chi connectivity index (χ2v) is 3.60. The van der Waals surface area contributed by atoms with Crippen molar-refractivity contribution in [2.75, 3.05) is 31.3 Å². The summed E-state index contributed by atoms with van der Waals surface area (Å²) >= 11 is 0. The molecule has 0 unspecified atom stereocenters. The number of nitrogens with two attached hydrogens (primary N) is 1. The Morgan fingerprint density at radius 2 is 2.20 bits per heavy atom. The number of nitrogens with zero attached hydrogens (tertiary/aromatic N) is 2. The first-order valence-electron chi connectivity index (χ1n) is 5.00. The van der Waals surface area contributed by atoms with E-state index in [2.05, 4.69) is 29.1 Å². The molecule has 0 amide bonds. The van der Waals surface area contributed by atoms with Crippen molar-refractivity contribution in [3.05, 3.63) is 11.9 Å². The Kier molecular flexibility index (Phi) is 4.30. The molecule has 3 N–H and O–H groups in total. The maximum atomic E-state index is 5.80. The van der Waals surface area contributed by atoms with Crippen LogP contribution in [0.4, 0.5) is 11.6 Å². The van der Waals surface area contributed by atoms with Gasteiger partial charge in [-0.05, 0) is 5.92 Å². The van der Waals surface area contributed by atoms with E-state index in [0.29, 0.717) is 24.9 Å². The van der Waals surface area contributed by atoms with Crippen molar-refractivity contribution in [1.82, 2.24) is 9.97 Å². The van der Waals surface area contributed by atoms with Gasteiger partial charge in [-0.15, -0.1) is 0 Å². The summed E-state index contributed by atoms with van der Waals surface area (Å²) in [5.74, 6) is 1.64. The van der Waals surface area contributed by atoms with Crippen molar-refractivity contribution in [2.24, 2.45) is 0 Å². The smallest absolute Gasteiger partial charge is 0.135 e. The highest BCUT2D eigenvalue weighted by atomic mass is 16.5. The van der Waals surface area contributed by atoms with Crippen LogP contribution in [-0.2, 0) is 4.74 Å². The van der Waals surface area contributed by atoms with Crippen molar-refractivity contribution >= 4 is 11.6 Å². The van der Waals surface area contributed by atoms with E-state index >= 15 is 0 Å². The molecule has 0 atom stereocenters. The fraction of sp³-hybridized carbons (Fsp3) is 0.600. The number of nitrogens with one attached hydrogen (secondary N) is 1. The molecular formula is C10H18N4O. The highest BCUT2D eigenvalue weighted by molar-refractivity contribution is 5.56. The fourth-order valence-corrected chi connectivity index (χ4v) is 1.39. The average molecular weight is 210 g/mol. The largest absolute Gasteiger partial charge is 0.383 e. The molecule has 0 bridgehead atoms. The van der Waals surface area contributed by atoms with Crippen LogP contribution in [0, 0.1) is 0 Å². The topological polar surface area (TPSA) is 73.1 Å². The van der Waals surface area contributed by atoms with Crippen LogP contribution in [0.1, 0.15) is 25.3 Å². The molecule has 0 saturated carbocycles. The quantitative estimate of drug-likeness (QED) is 0.715. The number of aromatic nitrogens is 2. The molecule has 84 valence electrons. The van der Waals surface area contributed by atoms with E-state index in [0.717, 1.165) is 11.4 Å². The number of anilines is 2. The molecule has 1 aromatic rings. The number of ether oxygens (including phenoxy) is 1. The van der Waals surface area contributed by atoms with Crippen LogP contribution in [0.25, 0.3) is 0 Å². The second-order valence-electron chi connectivity index (χ2n) is 3.60. The zero-order valence-corrected chi connectivity index (χ0v) is 9.45. The number of methoxy groups -OCH3 is 1. The van der Waals surface area contributed by atoms with Gasteiger partial charge in [0.05, 0.1) is 6.61 Å². The molecule has 0 aliphatic carbocycles. The first-order chi connectivity index (χ1) is 7.16. The SMILES string of the molecule is COCCNc1ncnc(N)c1C(C)C. The van der Waals surface area contributed by atoms with Crippen LogP contribution < -0.4 is 11.1 Å². The summed E-state index contributed by atoms with van der Waals surface area (Å²) in [6.07, 6.45) is 1.47. The molecule has 5 heteroatoms. The Bertz CT molecular complexity index is 314. The van der Waals surface area contributed by atoms with Crippen LogP contribution in [0.5, 0.6) is 0 Å². The Morgan fingerprint density at radius 1 is 1.47 bits per heavy atom. The minimum Gasteiger partial charge on any atom is -0.383 e. The Labute approximate surface area is 90.1 Å². The maximum Gasteiger partial charge on any atom is 0.135 e. The molecular weight excluding hydrogens is 192 g/mol. The lowest BCUT2D eigenvalue weighted by atomic mass is 10.0. The molecule has 1 aromatic heterocycles. The van der Waals surface area contributed by atoms with Gasteiger partial charge >= 0.3 is 0 Å². The molecule has 0 aliphatic rings. The van der Waals surface area contributed by atoms with E-state index in [1.165, 1.54) is 6.33 Å². The van der Waals surface area contributed by atoms with Crippen molar-refractivity contribution in [3.8, 4) is 0 Å². The van der Waals surface area contributed by atoms with Gasteiger partial charge in [0.15, 0.2) is 0 Å². The van der Waals surface area contributed by atoms with E-state index in [9.17, 15) is 0 Å². The van der Waals surface area contributed by atoms with Crippen molar-refractivity contribution < 1.29 is 4.74 Å². The van der Waals surface area contributed by atoms with Crippen LogP contribution >= 0.6 is 0 Å². The van der Waals surface area contributed by atoms with E-state index in [1.807, 2.05) is 0 Å². The van der Waals surface area contributed by atoms with Crippen molar-refractivity contribution in [2.45, 2.75) is 19.8 Å². The summed E-state index contributed by atoms with van der Waals surface area (Å²) in [4.78, 5) is 8.16. The van der Waals surface area contributed by atoms with Crippen LogP contribution in [0.15, 0.2) is 6.33 Å². The van der Waals surface area contributed by atoms with E-state index in [-0.39, 0.29) is 0 Å². The Balaban J connectivity index is 2.81. The maximum absolute atomic E-state index is 5.80. The van der Waals surface area contributed by atoms with Gasteiger partial charge in [-0.25, -0.2) is 9.97 Å². The molecule has 15 heavy (non-hydrogen) atoms. The monoisotopic (exact) mass is 210 g/mol. The Hall–Kier alpha value is -1.36. The zero-order valence-electron chi connectivity index (χ0n) is 9.45. The molecule has 0 aromatic carbocycles. The van der Waals surface area contributed by atoms with Crippen LogP contribution in [0.2, 0.25) is 0 Å². The van der Waals surface area contributed by atoms with E-state index in [4.69, 9.17) is 10.5 Å². The lowest BCUT2D eigenvalue weighted by molar-refractivity contribution is 0.210. The number of hydrogen-bond acceptors (Lipinski definition) is 5. The first-order valence-corrected chi connectivity index (χ1v) is 5.00. The summed E-state index contributed by atoms with van der Waals surface area (Å²) in [6, 6.07) is 0. The predicted molar refractivity (Wildman–Crippen MR) is 60.9 cm³/mol. The molecule has 0 aliphatic heterocycles. The van der Waals surface area contributed by atoms with Crippen molar-refractivity contribution in [1.29, 1.82) is 0 Å². The second kappa shape index (κ2) is 5.50. The molecule has 0 radical (unpaired) electrons. The number of hydrogen-bond donors (Lipinski definition) is 2. The zero-order chi connectivity index (χ0) is 11.3. The van der Waals surface area contributed by atoms with Gasteiger partial charge < -0.3 is 15.8 Å². The predicted octanol–water partition coefficient (Wildman–Crippen LogP) is 1.24. The van der Waals surface area contributed by atoms with Gasteiger partial charge in [0.25, 0.3) is 0 Å². The fourth-order valence-electron chi connectivity index (χ4n) is 1.39. The summed E-state index contributed by atoms with van der Waals surface area (Å²) in [5.41, 5.74) is 6.77. The Morgan fingerprint density at radius 3 is 2.80 bits per heavy atom. The third-order valence-electron chi connectivity index (χ3n) is 2.09. The number of rotatable bonds is 5. The molecule has 0 fully saturated rings. The van der Waals surface area contributed by atoms with E-state index < -0.39 is 0 Å². The average Bonchev–Trinajstić information content (AvgIpc) is 2.17. The lowest BCUT2D eigenvalue weighted by Crippen LogP contribution is -2.13. The minimum absolute atomic E-state index is 0.302. The molecule has 0 spiro atoms. The molecule has 5 nitrogen and oxygen atoms in total. The highest BCUT2D eigenvalue weighted by Crippen LogP contribution is 2.25. The van der Waals surface area contributed by atoms with Gasteiger partial charge in [0.2, 0.25) is 0 Å². The van der Waals surface area contributed by atoms with Crippen molar-refractivity contribution in [3.63, 3.8) is 0 Å². The lowest BCUT2D eigenvalue weighted by Gasteiger charge is -2.14. The van der Waals surface area contributed by atoms with Crippen LogP contribution in [-0.4, -0.2) is 30.2 Å². The van der Waals surface area contributed by atoms with Gasteiger partial charge in [0, 0.05) is 19.2 Å². The third kappa shape index (κ3) is 3.06. The minimum atomic E-state index is 0.302. The highest BCUT2D eigenvalue weighted by Gasteiger charge is 2.11. The first kappa shape index (κ1) is 11.7. The van der Waals surface area contributed by atoms with Crippen LogP contribution in [0.3, 0.4) is 0 Å². The van der Waals surface area contributed by atoms with Gasteiger partial charge in [-0.2, -0.15) is 0 Å². The molecule has 1 rings (SSSR count). The summed E-state index contributed by atoms with van der Waals surface area (Å²) < 4.78 is 4.96. The van der Waals surface area contributed by atoms with Gasteiger partial charge in [0.1, 0.15) is 18.0 Å². The normalized spacial score (nSPS) is 10.7. The van der Waals surface area contributed by atoms with E-state index in [1.54, 1.807) is 7.11 Å². The third-order valence-corrected chi connectivity index (χ3v) is 2.09.